The normalized spacial score (nSPS) is 13.3. The molecular weight excluding hydrogens is 299 g/mol. The summed E-state index contributed by atoms with van der Waals surface area (Å²) in [6.07, 6.45) is 21.1. The van der Waals surface area contributed by atoms with Gasteiger partial charge in [-0.3, -0.25) is 12.2 Å². The van der Waals surface area contributed by atoms with Crippen molar-refractivity contribution in [2.45, 2.75) is 32.6 Å². The van der Waals surface area contributed by atoms with Crippen molar-refractivity contribution < 1.29 is 23.3 Å². The Morgan fingerprint density at radius 1 is 1.24 bits per heavy atom. The van der Waals surface area contributed by atoms with Gasteiger partial charge in [0, 0.05) is 0 Å². The van der Waals surface area contributed by atoms with E-state index in [-0.39, 0.29) is 14.9 Å². The van der Waals surface area contributed by atoms with Gasteiger partial charge >= 0.3 is 30.2 Å². The molecule has 0 amide bonds. The van der Waals surface area contributed by atoms with Crippen LogP contribution in [0.2, 0.25) is 0 Å². The average Bonchev–Trinajstić information content (AvgIpc) is 2.97. The van der Waals surface area contributed by atoms with Crippen LogP contribution in [0.3, 0.4) is 0 Å². The summed E-state index contributed by atoms with van der Waals surface area (Å²) >= 11 is 1.58. The molecule has 0 bridgehead atoms. The van der Waals surface area contributed by atoms with Gasteiger partial charge in [0.2, 0.25) is 0 Å². The molecule has 0 saturated heterocycles. The summed E-state index contributed by atoms with van der Waals surface area (Å²) in [5.74, 6) is 0. The van der Waals surface area contributed by atoms with Gasteiger partial charge in [-0.05, 0) is 0 Å². The Bertz CT molecular complexity index is 252. The summed E-state index contributed by atoms with van der Waals surface area (Å²) in [5.41, 5.74) is 1.40. The van der Waals surface area contributed by atoms with Crippen LogP contribution in [0.25, 0.3) is 0 Å². The summed E-state index contributed by atoms with van der Waals surface area (Å²) in [5, 5.41) is 0. The Morgan fingerprint density at radius 3 is 2.24 bits per heavy atom. The van der Waals surface area contributed by atoms with E-state index in [0.717, 1.165) is 12.8 Å². The molecule has 0 N–H and O–H groups in total. The zero-order valence-electron chi connectivity index (χ0n) is 11.4. The van der Waals surface area contributed by atoms with Crippen LogP contribution in [-0.4, -0.2) is 6.88 Å². The molecule has 0 fully saturated rings. The van der Waals surface area contributed by atoms with Crippen LogP contribution in [0.15, 0.2) is 36.0 Å². The second kappa shape index (κ2) is 18.4. The average molecular weight is 324 g/mol. The molecule has 0 aliphatic heterocycles. The van der Waals surface area contributed by atoms with Crippen LogP contribution in [0.1, 0.15) is 32.6 Å². The first-order chi connectivity index (χ1) is 7.43. The van der Waals surface area contributed by atoms with Crippen molar-refractivity contribution >= 4 is 6.88 Å². The molecule has 2 heteroatoms. The zero-order chi connectivity index (χ0) is 11.4. The summed E-state index contributed by atoms with van der Waals surface area (Å²) in [6.45, 7) is 4.15. The van der Waals surface area contributed by atoms with Gasteiger partial charge in [0.1, 0.15) is 0 Å². The number of hydrogen-bond donors (Lipinski definition) is 0. The molecule has 0 unspecified atom stereocenters. The monoisotopic (exact) mass is 322 g/mol. The first-order valence-electron chi connectivity index (χ1n) is 5.27. The van der Waals surface area contributed by atoms with E-state index in [1.807, 2.05) is 19.0 Å². The van der Waals surface area contributed by atoms with Crippen LogP contribution in [0, 0.1) is 27.0 Å². The van der Waals surface area contributed by atoms with Crippen molar-refractivity contribution in [2.75, 3.05) is 0 Å². The van der Waals surface area contributed by atoms with Gasteiger partial charge in [-0.2, -0.15) is 12.2 Å². The molecule has 0 spiro atoms. The molecule has 2 aliphatic rings. The van der Waals surface area contributed by atoms with E-state index in [1.54, 1.807) is 23.3 Å². The molecule has 0 nitrogen and oxygen atoms in total. The Kier molecular flexibility index (Phi) is 24.1. The number of allylic oxidation sites excluding steroid dienone is 8. The molecule has 0 atom stereocenters. The topological polar surface area (TPSA) is 0 Å². The molecule has 0 aromatic heterocycles. The van der Waals surface area contributed by atoms with Gasteiger partial charge in [0.05, 0.1) is 0 Å². The third kappa shape index (κ3) is 14.0. The second-order valence-corrected chi connectivity index (χ2v) is 3.06. The summed E-state index contributed by atoms with van der Waals surface area (Å²) in [7, 11) is 0. The van der Waals surface area contributed by atoms with Crippen molar-refractivity contribution in [3.8, 4) is 0 Å². The van der Waals surface area contributed by atoms with Crippen LogP contribution in [0.4, 0.5) is 0 Å². The minimum absolute atomic E-state index is 0. The number of rotatable bonds is 2. The Morgan fingerprint density at radius 2 is 1.94 bits per heavy atom. The van der Waals surface area contributed by atoms with Gasteiger partial charge in [0.15, 0.2) is 0 Å². The third-order valence-electron chi connectivity index (χ3n) is 1.87. The molecule has 0 aromatic carbocycles. The minimum atomic E-state index is 0. The van der Waals surface area contributed by atoms with Crippen molar-refractivity contribution in [1.29, 1.82) is 0 Å². The van der Waals surface area contributed by atoms with Gasteiger partial charge in [-0.25, -0.2) is 23.8 Å². The zero-order valence-corrected chi connectivity index (χ0v) is 15.3. The summed E-state index contributed by atoms with van der Waals surface area (Å²) < 4.78 is 0. The quantitative estimate of drug-likeness (QED) is 0.536. The maximum atomic E-state index is 3.26. The predicted molar refractivity (Wildman–Crippen MR) is 78.4 cm³/mol. The van der Waals surface area contributed by atoms with Crippen LogP contribution < -0.4 is 0 Å². The van der Waals surface area contributed by atoms with E-state index < -0.39 is 0 Å². The van der Waals surface area contributed by atoms with Crippen LogP contribution in [0.5, 0.6) is 0 Å². The van der Waals surface area contributed by atoms with Gasteiger partial charge in [-0.15, -0.1) is 12.8 Å². The maximum absolute atomic E-state index is 3.26. The fourth-order valence-corrected chi connectivity index (χ4v) is 1.23. The molecule has 0 heterocycles. The Labute approximate surface area is 125 Å². The SMILES string of the molecule is CCCC1=[C-]CC=C1.[C-]1=CC=CC1.[CH3-].[CH3-].[SiH2]=[Zr]. The van der Waals surface area contributed by atoms with E-state index in [1.165, 1.54) is 18.4 Å². The summed E-state index contributed by atoms with van der Waals surface area (Å²) in [4.78, 5) is 0. The standard InChI is InChI=1S/C8H11.C5H5.2CH3.H2Si.Zr/c1-2-5-8-6-3-4-7-8;1-2-4-5-3-1;;;;/h3,6H,2,4-5H2,1H3;1-3H,4H2;2*1H3;1H2;/q4*-1;;. The van der Waals surface area contributed by atoms with Crippen molar-refractivity contribution in [3.05, 3.63) is 63.0 Å². The molecule has 0 aromatic rings. The van der Waals surface area contributed by atoms with Gasteiger partial charge < -0.3 is 14.9 Å². The van der Waals surface area contributed by atoms with E-state index in [2.05, 4.69) is 37.3 Å². The molecule has 0 radical (unpaired) electrons. The molecule has 96 valence electrons. The van der Waals surface area contributed by atoms with Crippen molar-refractivity contribution in [3.63, 3.8) is 0 Å². The molecule has 17 heavy (non-hydrogen) atoms. The van der Waals surface area contributed by atoms with Crippen molar-refractivity contribution in [2.24, 2.45) is 0 Å². The Hall–Kier alpha value is 0.0600. The molecule has 2 aliphatic carbocycles. The van der Waals surface area contributed by atoms with E-state index in [0.29, 0.717) is 0 Å². The first-order valence-corrected chi connectivity index (χ1v) is 11.2. The van der Waals surface area contributed by atoms with Gasteiger partial charge in [0.25, 0.3) is 0 Å². The molecule has 2 rings (SSSR count). The first kappa shape index (κ1) is 22.3. The third-order valence-corrected chi connectivity index (χ3v) is 1.87. The molecular formula is C15H24SiZr-4. The van der Waals surface area contributed by atoms with E-state index >= 15 is 0 Å². The second-order valence-electron chi connectivity index (χ2n) is 3.06. The summed E-state index contributed by atoms with van der Waals surface area (Å²) in [6, 6.07) is 0. The van der Waals surface area contributed by atoms with Crippen LogP contribution >= 0.6 is 0 Å². The Balaban J connectivity index is -0.000000192. The number of hydrogen-bond acceptors (Lipinski definition) is 0. The predicted octanol–water partition coefficient (Wildman–Crippen LogP) is 3.76. The van der Waals surface area contributed by atoms with Gasteiger partial charge in [-0.1, -0.05) is 19.8 Å². The van der Waals surface area contributed by atoms with Crippen LogP contribution in [-0.2, 0) is 23.3 Å². The van der Waals surface area contributed by atoms with E-state index in [4.69, 9.17) is 0 Å². The fraction of sp³-hybridized carbons (Fsp3) is 0.333. The molecule has 0 saturated carbocycles. The van der Waals surface area contributed by atoms with E-state index in [9.17, 15) is 0 Å². The van der Waals surface area contributed by atoms with Crippen molar-refractivity contribution in [1.82, 2.24) is 0 Å². The fourth-order valence-electron chi connectivity index (χ4n) is 1.23.